The molecule has 1 aromatic rings. The second kappa shape index (κ2) is 5.59. The molecular formula is C13H16ClNO3. The first kappa shape index (κ1) is 13.2. The fraction of sp³-hybridized carbons (Fsp3) is 0.462. The molecule has 1 aromatic carbocycles. The molecule has 1 saturated heterocycles. The van der Waals surface area contributed by atoms with E-state index in [-0.39, 0.29) is 18.1 Å². The lowest BCUT2D eigenvalue weighted by Crippen LogP contribution is -2.31. The fourth-order valence-corrected chi connectivity index (χ4v) is 2.12. The highest BCUT2D eigenvalue weighted by atomic mass is 35.5. The Balaban J connectivity index is 1.95. The molecule has 98 valence electrons. The molecule has 1 N–H and O–H groups in total. The van der Waals surface area contributed by atoms with E-state index >= 15 is 0 Å². The van der Waals surface area contributed by atoms with Gasteiger partial charge in [-0.1, -0.05) is 11.6 Å². The Morgan fingerprint density at radius 3 is 2.94 bits per heavy atom. The summed E-state index contributed by atoms with van der Waals surface area (Å²) in [5, 5.41) is 3.80. The minimum absolute atomic E-state index is 0.0188. The Morgan fingerprint density at radius 1 is 1.50 bits per heavy atom. The maximum atomic E-state index is 11.4. The molecule has 0 aliphatic carbocycles. The Bertz CT molecular complexity index is 450. The van der Waals surface area contributed by atoms with Gasteiger partial charge >= 0.3 is 5.97 Å². The van der Waals surface area contributed by atoms with Crippen molar-refractivity contribution in [3.63, 3.8) is 0 Å². The van der Waals surface area contributed by atoms with Crippen molar-refractivity contribution in [3.05, 3.63) is 28.8 Å². The van der Waals surface area contributed by atoms with E-state index in [1.165, 1.54) is 7.11 Å². The van der Waals surface area contributed by atoms with E-state index in [1.54, 1.807) is 0 Å². The number of halogens is 1. The van der Waals surface area contributed by atoms with Crippen molar-refractivity contribution < 1.29 is 14.3 Å². The highest BCUT2D eigenvalue weighted by Gasteiger charge is 2.31. The average molecular weight is 270 g/mol. The molecule has 0 bridgehead atoms. The highest BCUT2D eigenvalue weighted by Crippen LogP contribution is 2.23. The van der Waals surface area contributed by atoms with Crippen LogP contribution in [0.5, 0.6) is 5.75 Å². The lowest BCUT2D eigenvalue weighted by atomic mass is 10.2. The number of esters is 1. The Morgan fingerprint density at radius 2 is 2.28 bits per heavy atom. The van der Waals surface area contributed by atoms with E-state index in [1.807, 2.05) is 25.1 Å². The SMILES string of the molecule is COC(=O)[C@H]1C[C@@H](Oc2ccc(Cl)c(C)c2)CN1. The molecule has 1 aliphatic rings. The van der Waals surface area contributed by atoms with Gasteiger partial charge in [0.2, 0.25) is 0 Å². The maximum absolute atomic E-state index is 11.4. The average Bonchev–Trinajstić information content (AvgIpc) is 2.81. The molecular weight excluding hydrogens is 254 g/mol. The number of methoxy groups -OCH3 is 1. The van der Waals surface area contributed by atoms with Crippen molar-refractivity contribution in [2.45, 2.75) is 25.5 Å². The number of carbonyl (C=O) groups excluding carboxylic acids is 1. The number of rotatable bonds is 3. The zero-order valence-electron chi connectivity index (χ0n) is 10.4. The van der Waals surface area contributed by atoms with Gasteiger partial charge in [-0.25, -0.2) is 0 Å². The zero-order valence-corrected chi connectivity index (χ0v) is 11.2. The van der Waals surface area contributed by atoms with Crippen molar-refractivity contribution in [2.24, 2.45) is 0 Å². The molecule has 0 radical (unpaired) electrons. The summed E-state index contributed by atoms with van der Waals surface area (Å²) in [6.45, 7) is 2.57. The molecule has 1 heterocycles. The van der Waals surface area contributed by atoms with E-state index in [0.29, 0.717) is 13.0 Å². The number of nitrogens with one attached hydrogen (secondary N) is 1. The first-order chi connectivity index (χ1) is 8.60. The van der Waals surface area contributed by atoms with Gasteiger partial charge in [0, 0.05) is 18.0 Å². The van der Waals surface area contributed by atoms with E-state index in [2.05, 4.69) is 5.32 Å². The molecule has 18 heavy (non-hydrogen) atoms. The van der Waals surface area contributed by atoms with Crippen molar-refractivity contribution in [1.82, 2.24) is 5.32 Å². The van der Waals surface area contributed by atoms with E-state index in [0.717, 1.165) is 16.3 Å². The van der Waals surface area contributed by atoms with Crippen LogP contribution in [0.25, 0.3) is 0 Å². The third-order valence-electron chi connectivity index (χ3n) is 3.01. The van der Waals surface area contributed by atoms with Gasteiger partial charge in [-0.2, -0.15) is 0 Å². The largest absolute Gasteiger partial charge is 0.489 e. The summed E-state index contributed by atoms with van der Waals surface area (Å²) in [7, 11) is 1.39. The summed E-state index contributed by atoms with van der Waals surface area (Å²) in [4.78, 5) is 11.4. The normalized spacial score (nSPS) is 22.8. The van der Waals surface area contributed by atoms with Crippen LogP contribution < -0.4 is 10.1 Å². The Kier molecular flexibility index (Phi) is 4.09. The Hall–Kier alpha value is -1.26. The zero-order chi connectivity index (χ0) is 13.1. The van der Waals surface area contributed by atoms with Gasteiger partial charge in [0.1, 0.15) is 17.9 Å². The van der Waals surface area contributed by atoms with E-state index in [4.69, 9.17) is 21.1 Å². The quantitative estimate of drug-likeness (QED) is 0.852. The van der Waals surface area contributed by atoms with Crippen LogP contribution in [-0.2, 0) is 9.53 Å². The van der Waals surface area contributed by atoms with Crippen molar-refractivity contribution in [1.29, 1.82) is 0 Å². The Labute approximate surface area is 111 Å². The molecule has 0 aromatic heterocycles. The minimum Gasteiger partial charge on any atom is -0.489 e. The third-order valence-corrected chi connectivity index (χ3v) is 3.43. The number of benzene rings is 1. The summed E-state index contributed by atoms with van der Waals surface area (Å²) in [5.74, 6) is 0.530. The molecule has 0 unspecified atom stereocenters. The number of hydrogen-bond donors (Lipinski definition) is 1. The summed E-state index contributed by atoms with van der Waals surface area (Å²) >= 11 is 5.95. The first-order valence-corrected chi connectivity index (χ1v) is 6.22. The van der Waals surface area contributed by atoms with Crippen LogP contribution >= 0.6 is 11.6 Å². The van der Waals surface area contributed by atoms with E-state index < -0.39 is 0 Å². The van der Waals surface area contributed by atoms with Crippen molar-refractivity contribution >= 4 is 17.6 Å². The summed E-state index contributed by atoms with van der Waals surface area (Å²) in [5.41, 5.74) is 0.977. The lowest BCUT2D eigenvalue weighted by molar-refractivity contribution is -0.142. The van der Waals surface area contributed by atoms with Gasteiger partial charge < -0.3 is 14.8 Å². The fourth-order valence-electron chi connectivity index (χ4n) is 2.00. The number of aryl methyl sites for hydroxylation is 1. The molecule has 2 rings (SSSR count). The van der Waals surface area contributed by atoms with Crippen LogP contribution in [0.4, 0.5) is 0 Å². The van der Waals surface area contributed by atoms with Gasteiger partial charge in [0.05, 0.1) is 7.11 Å². The summed E-state index contributed by atoms with van der Waals surface area (Å²) in [6, 6.07) is 5.27. The predicted molar refractivity (Wildman–Crippen MR) is 69.0 cm³/mol. The second-order valence-corrected chi connectivity index (χ2v) is 4.78. The summed E-state index contributed by atoms with van der Waals surface area (Å²) in [6.07, 6.45) is 0.601. The topological polar surface area (TPSA) is 47.6 Å². The molecule has 2 atom stereocenters. The number of carbonyl (C=O) groups is 1. The van der Waals surface area contributed by atoms with Gasteiger partial charge in [0.25, 0.3) is 0 Å². The van der Waals surface area contributed by atoms with E-state index in [9.17, 15) is 4.79 Å². The monoisotopic (exact) mass is 269 g/mol. The smallest absolute Gasteiger partial charge is 0.323 e. The van der Waals surface area contributed by atoms with Gasteiger partial charge in [-0.3, -0.25) is 4.79 Å². The van der Waals surface area contributed by atoms with Gasteiger partial charge in [-0.15, -0.1) is 0 Å². The lowest BCUT2D eigenvalue weighted by Gasteiger charge is -2.13. The molecule has 0 spiro atoms. The van der Waals surface area contributed by atoms with Gasteiger partial charge in [0.15, 0.2) is 0 Å². The van der Waals surface area contributed by atoms with Crippen molar-refractivity contribution in [2.75, 3.05) is 13.7 Å². The van der Waals surface area contributed by atoms with Crippen molar-refractivity contribution in [3.8, 4) is 5.75 Å². The summed E-state index contributed by atoms with van der Waals surface area (Å²) < 4.78 is 10.5. The molecule has 0 saturated carbocycles. The number of hydrogen-bond acceptors (Lipinski definition) is 4. The van der Waals surface area contributed by atoms with Crippen LogP contribution in [0.15, 0.2) is 18.2 Å². The van der Waals surface area contributed by atoms with Crippen LogP contribution in [0.2, 0.25) is 5.02 Å². The van der Waals surface area contributed by atoms with Gasteiger partial charge in [-0.05, 0) is 30.7 Å². The molecule has 1 fully saturated rings. The van der Waals surface area contributed by atoms with Crippen LogP contribution in [0.3, 0.4) is 0 Å². The predicted octanol–water partition coefficient (Wildman–Crippen LogP) is 1.93. The standard InChI is InChI=1S/C13H16ClNO3/c1-8-5-9(3-4-11(8)14)18-10-6-12(15-7-10)13(16)17-2/h3-5,10,12,15H,6-7H2,1-2H3/t10-,12-/m1/s1. The molecule has 1 aliphatic heterocycles. The first-order valence-electron chi connectivity index (χ1n) is 5.84. The highest BCUT2D eigenvalue weighted by molar-refractivity contribution is 6.31. The molecule has 0 amide bonds. The second-order valence-electron chi connectivity index (χ2n) is 4.37. The van der Waals surface area contributed by atoms with Crippen LogP contribution in [0, 0.1) is 6.92 Å². The van der Waals surface area contributed by atoms with Crippen LogP contribution in [0.1, 0.15) is 12.0 Å². The number of ether oxygens (including phenoxy) is 2. The maximum Gasteiger partial charge on any atom is 0.323 e. The third kappa shape index (κ3) is 2.94. The molecule has 4 nitrogen and oxygen atoms in total. The minimum atomic E-state index is -0.270. The molecule has 5 heteroatoms. The van der Waals surface area contributed by atoms with Crippen LogP contribution in [-0.4, -0.2) is 31.8 Å².